The second-order valence-electron chi connectivity index (χ2n) is 7.46. The molecule has 1 aliphatic heterocycles. The lowest BCUT2D eigenvalue weighted by Crippen LogP contribution is -2.41. The summed E-state index contributed by atoms with van der Waals surface area (Å²) in [6.45, 7) is -2.06. The van der Waals surface area contributed by atoms with Gasteiger partial charge in [-0.05, 0) is 41.8 Å². The van der Waals surface area contributed by atoms with Crippen molar-refractivity contribution in [3.63, 3.8) is 0 Å². The maximum absolute atomic E-state index is 13.1. The third-order valence-corrected chi connectivity index (χ3v) is 5.53. The zero-order valence-electron chi connectivity index (χ0n) is 16.8. The van der Waals surface area contributed by atoms with E-state index in [0.717, 1.165) is 10.8 Å². The quantitative estimate of drug-likeness (QED) is 0.632. The van der Waals surface area contributed by atoms with E-state index in [9.17, 15) is 18.4 Å². The molecule has 0 bridgehead atoms. The van der Waals surface area contributed by atoms with Gasteiger partial charge < -0.3 is 15.0 Å². The van der Waals surface area contributed by atoms with Crippen LogP contribution >= 0.6 is 0 Å². The minimum absolute atomic E-state index is 0.0497. The van der Waals surface area contributed by atoms with Gasteiger partial charge in [-0.25, -0.2) is 0 Å². The first kappa shape index (κ1) is 20.8. The molecule has 0 radical (unpaired) electrons. The highest BCUT2D eigenvalue weighted by atomic mass is 19.3. The molecular weight excluding hydrogens is 402 g/mol. The van der Waals surface area contributed by atoms with Crippen LogP contribution in [-0.4, -0.2) is 36.4 Å². The van der Waals surface area contributed by atoms with Gasteiger partial charge in [-0.3, -0.25) is 9.59 Å². The van der Waals surface area contributed by atoms with Crippen molar-refractivity contribution in [1.29, 1.82) is 0 Å². The molecule has 1 saturated heterocycles. The van der Waals surface area contributed by atoms with Gasteiger partial charge in [-0.1, -0.05) is 48.5 Å². The van der Waals surface area contributed by atoms with E-state index in [2.05, 4.69) is 10.1 Å². The van der Waals surface area contributed by atoms with Crippen LogP contribution < -0.4 is 10.1 Å². The number of hydrogen-bond donors (Lipinski definition) is 1. The van der Waals surface area contributed by atoms with E-state index >= 15 is 0 Å². The minimum Gasteiger partial charge on any atom is -0.433 e. The Morgan fingerprint density at radius 1 is 0.935 bits per heavy atom. The van der Waals surface area contributed by atoms with E-state index in [1.54, 1.807) is 17.0 Å². The summed E-state index contributed by atoms with van der Waals surface area (Å²) in [5, 5.41) is 4.60. The summed E-state index contributed by atoms with van der Waals surface area (Å²) in [4.78, 5) is 27.5. The van der Waals surface area contributed by atoms with Gasteiger partial charge in [0.1, 0.15) is 5.75 Å². The Morgan fingerprint density at radius 3 is 2.39 bits per heavy atom. The zero-order chi connectivity index (χ0) is 21.8. The standard InChI is InChI=1S/C24H22F2N2O3/c25-24(26)31-21-11-4-3-10-20(21)27-22(29)17-12-14-28(15-13-17)23(30)19-9-5-7-16-6-1-2-8-18(16)19/h1-11,17,24H,12-15H2,(H,27,29). The number of fused-ring (bicyclic) bond motifs is 1. The lowest BCUT2D eigenvalue weighted by Gasteiger charge is -2.31. The van der Waals surface area contributed by atoms with E-state index in [4.69, 9.17) is 0 Å². The number of alkyl halides is 2. The number of carbonyl (C=O) groups excluding carboxylic acids is 2. The number of piperidine rings is 1. The van der Waals surface area contributed by atoms with E-state index < -0.39 is 6.61 Å². The lowest BCUT2D eigenvalue weighted by molar-refractivity contribution is -0.121. The van der Waals surface area contributed by atoms with Crippen LogP contribution in [-0.2, 0) is 4.79 Å². The number of amides is 2. The maximum Gasteiger partial charge on any atom is 0.387 e. The summed E-state index contributed by atoms with van der Waals surface area (Å²) in [5.74, 6) is -0.695. The molecule has 31 heavy (non-hydrogen) atoms. The van der Waals surface area contributed by atoms with Crippen molar-refractivity contribution in [2.24, 2.45) is 5.92 Å². The van der Waals surface area contributed by atoms with Crippen molar-refractivity contribution < 1.29 is 23.1 Å². The average Bonchev–Trinajstić information content (AvgIpc) is 2.79. The predicted octanol–water partition coefficient (Wildman–Crippen LogP) is 4.93. The first-order valence-corrected chi connectivity index (χ1v) is 10.1. The third kappa shape index (κ3) is 4.66. The highest BCUT2D eigenvalue weighted by molar-refractivity contribution is 6.07. The van der Waals surface area contributed by atoms with Crippen LogP contribution in [0, 0.1) is 5.92 Å². The summed E-state index contributed by atoms with van der Waals surface area (Å²) in [6.07, 6.45) is 1.00. The monoisotopic (exact) mass is 424 g/mol. The number of anilines is 1. The molecule has 3 aromatic carbocycles. The molecule has 0 unspecified atom stereocenters. The maximum atomic E-state index is 13.1. The molecule has 0 atom stereocenters. The van der Waals surface area contributed by atoms with Gasteiger partial charge in [-0.15, -0.1) is 0 Å². The van der Waals surface area contributed by atoms with Crippen LogP contribution in [0.3, 0.4) is 0 Å². The van der Waals surface area contributed by atoms with E-state index in [-0.39, 0.29) is 29.2 Å². The Labute approximate surface area is 178 Å². The lowest BCUT2D eigenvalue weighted by atomic mass is 9.94. The molecule has 1 fully saturated rings. The molecular formula is C24H22F2N2O3. The van der Waals surface area contributed by atoms with Gasteiger partial charge in [0.2, 0.25) is 5.91 Å². The molecule has 0 saturated carbocycles. The van der Waals surface area contributed by atoms with Crippen molar-refractivity contribution in [3.05, 3.63) is 72.3 Å². The summed E-state index contributed by atoms with van der Waals surface area (Å²) >= 11 is 0. The molecule has 0 aromatic heterocycles. The summed E-state index contributed by atoms with van der Waals surface area (Å²) in [7, 11) is 0. The number of hydrogen-bond acceptors (Lipinski definition) is 3. The van der Waals surface area contributed by atoms with Crippen molar-refractivity contribution in [3.8, 4) is 5.75 Å². The fourth-order valence-electron chi connectivity index (χ4n) is 3.93. The van der Waals surface area contributed by atoms with Crippen molar-refractivity contribution in [2.75, 3.05) is 18.4 Å². The number of rotatable bonds is 5. The second kappa shape index (κ2) is 9.12. The summed E-state index contributed by atoms with van der Waals surface area (Å²) < 4.78 is 29.6. The van der Waals surface area contributed by atoms with Crippen LogP contribution in [0.15, 0.2) is 66.7 Å². The highest BCUT2D eigenvalue weighted by Gasteiger charge is 2.29. The largest absolute Gasteiger partial charge is 0.433 e. The topological polar surface area (TPSA) is 58.6 Å². The molecule has 0 spiro atoms. The molecule has 1 aliphatic rings. The predicted molar refractivity (Wildman–Crippen MR) is 114 cm³/mol. The fourth-order valence-corrected chi connectivity index (χ4v) is 3.93. The molecule has 160 valence electrons. The molecule has 3 aromatic rings. The normalized spacial score (nSPS) is 14.6. The summed E-state index contributed by atoms with van der Waals surface area (Å²) in [5.41, 5.74) is 0.862. The van der Waals surface area contributed by atoms with Gasteiger partial charge in [0.05, 0.1) is 5.69 Å². The van der Waals surface area contributed by atoms with Gasteiger partial charge >= 0.3 is 6.61 Å². The Bertz CT molecular complexity index is 1090. The summed E-state index contributed by atoms with van der Waals surface area (Å²) in [6, 6.07) is 19.5. The molecule has 5 nitrogen and oxygen atoms in total. The molecule has 0 aliphatic carbocycles. The molecule has 2 amide bonds. The van der Waals surface area contributed by atoms with E-state index in [1.165, 1.54) is 12.1 Å². The van der Waals surface area contributed by atoms with Crippen LogP contribution in [0.1, 0.15) is 23.2 Å². The van der Waals surface area contributed by atoms with Crippen LogP contribution in [0.25, 0.3) is 10.8 Å². The van der Waals surface area contributed by atoms with Crippen molar-refractivity contribution in [2.45, 2.75) is 19.5 Å². The number of carbonyl (C=O) groups is 2. The molecule has 4 rings (SSSR count). The van der Waals surface area contributed by atoms with E-state index in [1.807, 2.05) is 42.5 Å². The first-order chi connectivity index (χ1) is 15.0. The van der Waals surface area contributed by atoms with E-state index in [0.29, 0.717) is 31.5 Å². The Morgan fingerprint density at radius 2 is 1.61 bits per heavy atom. The zero-order valence-corrected chi connectivity index (χ0v) is 16.8. The molecule has 1 N–H and O–H groups in total. The number of para-hydroxylation sites is 2. The average molecular weight is 424 g/mol. The van der Waals surface area contributed by atoms with Gasteiger partial charge in [0.25, 0.3) is 5.91 Å². The van der Waals surface area contributed by atoms with Gasteiger partial charge in [0, 0.05) is 24.6 Å². The SMILES string of the molecule is O=C(Nc1ccccc1OC(F)F)C1CCN(C(=O)c2cccc3ccccc23)CC1. The molecule has 7 heteroatoms. The van der Waals surface area contributed by atoms with Crippen molar-refractivity contribution in [1.82, 2.24) is 4.90 Å². The number of nitrogens with one attached hydrogen (secondary N) is 1. The molecule has 1 heterocycles. The second-order valence-corrected chi connectivity index (χ2v) is 7.46. The number of benzene rings is 3. The Balaban J connectivity index is 1.40. The smallest absolute Gasteiger partial charge is 0.387 e. The van der Waals surface area contributed by atoms with Crippen molar-refractivity contribution >= 4 is 28.3 Å². The number of nitrogens with zero attached hydrogens (tertiary/aromatic N) is 1. The Hall–Kier alpha value is -3.48. The third-order valence-electron chi connectivity index (χ3n) is 5.53. The Kier molecular flexibility index (Phi) is 6.11. The van der Waals surface area contributed by atoms with Crippen LogP contribution in [0.5, 0.6) is 5.75 Å². The minimum atomic E-state index is -2.97. The van der Waals surface area contributed by atoms with Crippen LogP contribution in [0.2, 0.25) is 0 Å². The number of likely N-dealkylation sites (tertiary alicyclic amines) is 1. The fraction of sp³-hybridized carbons (Fsp3) is 0.250. The van der Waals surface area contributed by atoms with Crippen LogP contribution in [0.4, 0.5) is 14.5 Å². The number of ether oxygens (including phenoxy) is 1. The van der Waals surface area contributed by atoms with Gasteiger partial charge in [-0.2, -0.15) is 8.78 Å². The van der Waals surface area contributed by atoms with Gasteiger partial charge in [0.15, 0.2) is 0 Å². The first-order valence-electron chi connectivity index (χ1n) is 10.1. The highest BCUT2D eigenvalue weighted by Crippen LogP contribution is 2.28. The number of halogens is 2.